The van der Waals surface area contributed by atoms with Crippen LogP contribution in [0.4, 0.5) is 5.69 Å². The molecule has 0 aliphatic rings. The van der Waals surface area contributed by atoms with Crippen LogP contribution in [0, 0.1) is 24.7 Å². The van der Waals surface area contributed by atoms with E-state index in [1.165, 1.54) is 0 Å². The second-order valence-electron chi connectivity index (χ2n) is 3.29. The molecule has 1 nitrogen and oxygen atoms in total. The largest absolute Gasteiger partial charge is 0.399 e. The van der Waals surface area contributed by atoms with Crippen molar-refractivity contribution in [2.45, 2.75) is 0 Å². The van der Waals surface area contributed by atoms with E-state index in [-0.39, 0.29) is 0 Å². The number of nitrogen functional groups attached to an aromatic ring is 1. The van der Waals surface area contributed by atoms with Gasteiger partial charge in [0.2, 0.25) is 0 Å². The molecular weight excluding hydrogens is 182 g/mol. The highest BCUT2D eigenvalue weighted by atomic mass is 14.5. The van der Waals surface area contributed by atoms with Gasteiger partial charge in [0.05, 0.1) is 0 Å². The molecule has 15 heavy (non-hydrogen) atoms. The van der Waals surface area contributed by atoms with Gasteiger partial charge in [-0.1, -0.05) is 17.9 Å². The van der Waals surface area contributed by atoms with Gasteiger partial charge in [0.15, 0.2) is 0 Å². The summed E-state index contributed by atoms with van der Waals surface area (Å²) in [6.07, 6.45) is 10.8. The lowest BCUT2D eigenvalue weighted by atomic mass is 10.0. The quantitative estimate of drug-likeness (QED) is 0.502. The summed E-state index contributed by atoms with van der Waals surface area (Å²) >= 11 is 0. The summed E-state index contributed by atoms with van der Waals surface area (Å²) in [5, 5.41) is 1.99. The van der Waals surface area contributed by atoms with Crippen molar-refractivity contribution in [1.82, 2.24) is 0 Å². The van der Waals surface area contributed by atoms with Crippen molar-refractivity contribution in [2.75, 3.05) is 5.73 Å². The Morgan fingerprint density at radius 1 is 1.00 bits per heavy atom. The van der Waals surface area contributed by atoms with E-state index in [9.17, 15) is 0 Å². The summed E-state index contributed by atoms with van der Waals surface area (Å²) in [7, 11) is 0. The Morgan fingerprint density at radius 2 is 1.80 bits per heavy atom. The predicted octanol–water partition coefficient (Wildman–Crippen LogP) is 2.38. The molecule has 0 heterocycles. The number of anilines is 1. The van der Waals surface area contributed by atoms with Crippen LogP contribution in [0.25, 0.3) is 10.8 Å². The van der Waals surface area contributed by atoms with Gasteiger partial charge in [-0.2, -0.15) is 0 Å². The van der Waals surface area contributed by atoms with E-state index in [0.29, 0.717) is 5.69 Å². The van der Waals surface area contributed by atoms with Crippen LogP contribution in [0.3, 0.4) is 0 Å². The molecule has 2 N–H and O–H groups in total. The molecule has 0 bridgehead atoms. The molecule has 0 saturated carbocycles. The maximum atomic E-state index is 5.73. The van der Waals surface area contributed by atoms with E-state index in [1.807, 2.05) is 24.3 Å². The molecule has 1 heteroatoms. The summed E-state index contributed by atoms with van der Waals surface area (Å²) in [6.45, 7) is 0. The lowest BCUT2D eigenvalue weighted by Gasteiger charge is -2.03. The fraction of sp³-hybridized carbons (Fsp3) is 0. The van der Waals surface area contributed by atoms with Crippen molar-refractivity contribution < 1.29 is 0 Å². The molecule has 0 spiro atoms. The number of rotatable bonds is 0. The zero-order valence-corrected chi connectivity index (χ0v) is 8.12. The Balaban J connectivity index is 2.88. The van der Waals surface area contributed by atoms with Crippen LogP contribution in [0.15, 0.2) is 30.3 Å². The summed E-state index contributed by atoms with van der Waals surface area (Å²) in [5.74, 6) is 5.20. The van der Waals surface area contributed by atoms with Gasteiger partial charge >= 0.3 is 0 Å². The third-order valence-electron chi connectivity index (χ3n) is 2.30. The van der Waals surface area contributed by atoms with Gasteiger partial charge in [0.1, 0.15) is 0 Å². The first kappa shape index (κ1) is 9.19. The molecule has 2 rings (SSSR count). The Bertz CT molecular complexity index is 609. The van der Waals surface area contributed by atoms with Crippen molar-refractivity contribution in [2.24, 2.45) is 0 Å². The van der Waals surface area contributed by atoms with Crippen molar-refractivity contribution in [1.29, 1.82) is 0 Å². The van der Waals surface area contributed by atoms with Gasteiger partial charge in [0.25, 0.3) is 0 Å². The first-order valence-corrected chi connectivity index (χ1v) is 4.51. The molecule has 0 unspecified atom stereocenters. The van der Waals surface area contributed by atoms with Crippen molar-refractivity contribution >= 4 is 16.5 Å². The maximum absolute atomic E-state index is 5.73. The molecule has 0 amide bonds. The second-order valence-corrected chi connectivity index (χ2v) is 3.29. The number of fused-ring (bicyclic) bond motifs is 1. The van der Waals surface area contributed by atoms with Crippen LogP contribution in [-0.4, -0.2) is 0 Å². The third kappa shape index (κ3) is 1.52. The molecular formula is C14H9N. The van der Waals surface area contributed by atoms with Crippen molar-refractivity contribution in [3.8, 4) is 24.7 Å². The number of terminal acetylenes is 2. The van der Waals surface area contributed by atoms with Gasteiger partial charge < -0.3 is 5.73 Å². The van der Waals surface area contributed by atoms with Gasteiger partial charge in [-0.3, -0.25) is 0 Å². The average Bonchev–Trinajstić information content (AvgIpc) is 2.27. The highest BCUT2D eigenvalue weighted by molar-refractivity contribution is 5.91. The summed E-state index contributed by atoms with van der Waals surface area (Å²) < 4.78 is 0. The lowest BCUT2D eigenvalue weighted by molar-refractivity contribution is 1.66. The number of benzene rings is 2. The summed E-state index contributed by atoms with van der Waals surface area (Å²) in [5.41, 5.74) is 8.01. The summed E-state index contributed by atoms with van der Waals surface area (Å²) in [4.78, 5) is 0. The highest BCUT2D eigenvalue weighted by Crippen LogP contribution is 2.23. The lowest BCUT2D eigenvalue weighted by Crippen LogP contribution is -1.88. The maximum Gasteiger partial charge on any atom is 0.0341 e. The molecule has 0 aromatic heterocycles. The molecule has 2 aromatic carbocycles. The molecule has 0 fully saturated rings. The smallest absolute Gasteiger partial charge is 0.0341 e. The van der Waals surface area contributed by atoms with E-state index in [0.717, 1.165) is 21.9 Å². The van der Waals surface area contributed by atoms with E-state index in [1.54, 1.807) is 6.07 Å². The minimum absolute atomic E-state index is 0.670. The fourth-order valence-electron chi connectivity index (χ4n) is 1.59. The van der Waals surface area contributed by atoms with Gasteiger partial charge in [-0.25, -0.2) is 0 Å². The third-order valence-corrected chi connectivity index (χ3v) is 2.30. The highest BCUT2D eigenvalue weighted by Gasteiger charge is 2.01. The number of hydrogen-bond donors (Lipinski definition) is 1. The molecule has 0 radical (unpaired) electrons. The minimum atomic E-state index is 0.670. The number of nitrogens with two attached hydrogens (primary N) is 1. The first-order valence-electron chi connectivity index (χ1n) is 4.51. The van der Waals surface area contributed by atoms with Crippen LogP contribution in [-0.2, 0) is 0 Å². The van der Waals surface area contributed by atoms with E-state index in [4.69, 9.17) is 18.6 Å². The van der Waals surface area contributed by atoms with Crippen molar-refractivity contribution in [3.05, 3.63) is 41.5 Å². The molecule has 0 aliphatic heterocycles. The zero-order valence-electron chi connectivity index (χ0n) is 8.12. The normalized spacial score (nSPS) is 9.47. The van der Waals surface area contributed by atoms with Crippen LogP contribution in [0.1, 0.15) is 11.1 Å². The van der Waals surface area contributed by atoms with Crippen molar-refractivity contribution in [3.63, 3.8) is 0 Å². The van der Waals surface area contributed by atoms with Crippen LogP contribution in [0.2, 0.25) is 0 Å². The van der Waals surface area contributed by atoms with E-state index in [2.05, 4.69) is 11.8 Å². The standard InChI is InChI=1S/C14H9N/c1-3-10-5-6-12-9-13(15)8-11(4-2)14(12)7-10/h1-2,5-9H,15H2. The topological polar surface area (TPSA) is 26.0 Å². The van der Waals surface area contributed by atoms with E-state index >= 15 is 0 Å². The molecule has 0 atom stereocenters. The predicted molar refractivity (Wildman–Crippen MR) is 64.2 cm³/mol. The van der Waals surface area contributed by atoms with Crippen LogP contribution < -0.4 is 5.73 Å². The van der Waals surface area contributed by atoms with Gasteiger partial charge in [-0.15, -0.1) is 12.8 Å². The second kappa shape index (κ2) is 3.40. The Hall–Kier alpha value is -2.38. The van der Waals surface area contributed by atoms with E-state index < -0.39 is 0 Å². The monoisotopic (exact) mass is 191 g/mol. The Morgan fingerprint density at radius 3 is 2.47 bits per heavy atom. The number of hydrogen-bond acceptors (Lipinski definition) is 1. The molecule has 2 aromatic rings. The molecule has 0 aliphatic carbocycles. The minimum Gasteiger partial charge on any atom is -0.399 e. The Labute approximate surface area is 88.9 Å². The Kier molecular flexibility index (Phi) is 2.08. The average molecular weight is 191 g/mol. The van der Waals surface area contributed by atoms with Crippen LogP contribution in [0.5, 0.6) is 0 Å². The fourth-order valence-corrected chi connectivity index (χ4v) is 1.59. The SMILES string of the molecule is C#Cc1ccc2cc(N)cc(C#C)c2c1. The van der Waals surface area contributed by atoms with Crippen LogP contribution >= 0.6 is 0 Å². The molecule has 0 saturated heterocycles. The van der Waals surface area contributed by atoms with Gasteiger partial charge in [-0.05, 0) is 35.0 Å². The summed E-state index contributed by atoms with van der Waals surface area (Å²) in [6, 6.07) is 9.38. The van der Waals surface area contributed by atoms with Gasteiger partial charge in [0, 0.05) is 16.8 Å². The first-order chi connectivity index (χ1) is 7.24. The molecule has 70 valence electrons. The zero-order chi connectivity index (χ0) is 10.8.